The highest BCUT2D eigenvalue weighted by Crippen LogP contribution is 2.30. The maximum atomic E-state index is 6.17. The number of hydrogen-bond acceptors (Lipinski definition) is 2. The number of aromatic nitrogens is 1. The van der Waals surface area contributed by atoms with Gasteiger partial charge in [-0.05, 0) is 48.6 Å². The fourth-order valence-electron chi connectivity index (χ4n) is 3.10. The molecule has 3 rings (SSSR count). The zero-order valence-corrected chi connectivity index (χ0v) is 12.1. The molecule has 0 fully saturated rings. The van der Waals surface area contributed by atoms with Gasteiger partial charge in [0.15, 0.2) is 0 Å². The second-order valence-electron chi connectivity index (χ2n) is 5.74. The summed E-state index contributed by atoms with van der Waals surface area (Å²) in [5, 5.41) is 4.82. The molecule has 1 aliphatic rings. The normalized spacial score (nSPS) is 16.0. The molecule has 3 heteroatoms. The van der Waals surface area contributed by atoms with Crippen LogP contribution in [0.1, 0.15) is 35.7 Å². The highest BCUT2D eigenvalue weighted by Gasteiger charge is 2.18. The molecular formula is C16H23N3. The molecule has 0 aliphatic carbocycles. The van der Waals surface area contributed by atoms with Crippen LogP contribution >= 0.6 is 0 Å². The van der Waals surface area contributed by atoms with Crippen molar-refractivity contribution in [3.05, 3.63) is 34.5 Å². The lowest BCUT2D eigenvalue weighted by Crippen LogP contribution is -2.21. The summed E-state index contributed by atoms with van der Waals surface area (Å²) >= 11 is 0. The first-order valence-electron chi connectivity index (χ1n) is 7.17. The quantitative estimate of drug-likeness (QED) is 0.886. The van der Waals surface area contributed by atoms with Crippen LogP contribution in [0.4, 0.5) is 0 Å². The average molecular weight is 257 g/mol. The molecule has 1 atom stereocenters. The van der Waals surface area contributed by atoms with E-state index in [-0.39, 0.29) is 6.04 Å². The van der Waals surface area contributed by atoms with E-state index in [0.717, 1.165) is 25.9 Å². The van der Waals surface area contributed by atoms with Gasteiger partial charge in [-0.1, -0.05) is 6.92 Å². The molecule has 0 amide bonds. The van der Waals surface area contributed by atoms with E-state index in [1.807, 2.05) is 0 Å². The zero-order chi connectivity index (χ0) is 13.6. The molecule has 3 N–H and O–H groups in total. The summed E-state index contributed by atoms with van der Waals surface area (Å²) in [7, 11) is 2.16. The third-order valence-corrected chi connectivity index (χ3v) is 4.57. The van der Waals surface area contributed by atoms with Crippen LogP contribution in [0.25, 0.3) is 10.9 Å². The van der Waals surface area contributed by atoms with Crippen LogP contribution in [-0.2, 0) is 26.6 Å². The molecule has 2 aromatic rings. The lowest BCUT2D eigenvalue weighted by molar-refractivity contribution is 0.644. The van der Waals surface area contributed by atoms with E-state index in [2.05, 4.69) is 42.9 Å². The van der Waals surface area contributed by atoms with E-state index < -0.39 is 0 Å². The smallest absolute Gasteiger partial charge is 0.0486 e. The van der Waals surface area contributed by atoms with Gasteiger partial charge >= 0.3 is 0 Å². The largest absolute Gasteiger partial charge is 0.348 e. The van der Waals surface area contributed by atoms with E-state index in [0.29, 0.717) is 0 Å². The third-order valence-electron chi connectivity index (χ3n) is 4.57. The van der Waals surface area contributed by atoms with Crippen molar-refractivity contribution in [2.24, 2.45) is 12.8 Å². The second-order valence-corrected chi connectivity index (χ2v) is 5.74. The summed E-state index contributed by atoms with van der Waals surface area (Å²) in [6.45, 7) is 6.37. The van der Waals surface area contributed by atoms with Crippen molar-refractivity contribution in [2.45, 2.75) is 45.8 Å². The second kappa shape index (κ2) is 4.66. The number of aryl methyl sites for hydroxylation is 1. The van der Waals surface area contributed by atoms with Crippen LogP contribution in [0, 0.1) is 6.92 Å². The highest BCUT2D eigenvalue weighted by molar-refractivity contribution is 5.87. The van der Waals surface area contributed by atoms with E-state index in [1.54, 1.807) is 0 Å². The molecule has 0 bridgehead atoms. The average Bonchev–Trinajstić information content (AvgIpc) is 2.95. The van der Waals surface area contributed by atoms with Crippen LogP contribution in [0.3, 0.4) is 0 Å². The predicted octanol–water partition coefficient (Wildman–Crippen LogP) is 2.37. The number of benzene rings is 1. The number of nitrogens with zero attached hydrogens (tertiary/aromatic N) is 1. The van der Waals surface area contributed by atoms with Gasteiger partial charge in [0.2, 0.25) is 0 Å². The Kier molecular flexibility index (Phi) is 3.11. The molecule has 19 heavy (non-hydrogen) atoms. The molecule has 1 aromatic heterocycles. The molecule has 1 aliphatic heterocycles. The molecule has 1 unspecified atom stereocenters. The van der Waals surface area contributed by atoms with Crippen LogP contribution in [0.2, 0.25) is 0 Å². The van der Waals surface area contributed by atoms with Gasteiger partial charge in [-0.25, -0.2) is 0 Å². The zero-order valence-electron chi connectivity index (χ0n) is 12.1. The fraction of sp³-hybridized carbons (Fsp3) is 0.500. The van der Waals surface area contributed by atoms with Crippen LogP contribution in [0.15, 0.2) is 12.1 Å². The Bertz CT molecular complexity index is 625. The van der Waals surface area contributed by atoms with Gasteiger partial charge in [-0.3, -0.25) is 0 Å². The first-order valence-corrected chi connectivity index (χ1v) is 7.17. The number of rotatable bonds is 3. The van der Waals surface area contributed by atoms with Crippen molar-refractivity contribution in [1.29, 1.82) is 0 Å². The van der Waals surface area contributed by atoms with Crippen molar-refractivity contribution < 1.29 is 0 Å². The predicted molar refractivity (Wildman–Crippen MR) is 80.2 cm³/mol. The Balaban J connectivity index is 2.18. The maximum absolute atomic E-state index is 6.17. The molecule has 0 radical (unpaired) electrons. The van der Waals surface area contributed by atoms with E-state index in [9.17, 15) is 0 Å². The number of hydrogen-bond donors (Lipinski definition) is 2. The lowest BCUT2D eigenvalue weighted by atomic mass is 9.99. The first kappa shape index (κ1) is 12.7. The van der Waals surface area contributed by atoms with Gasteiger partial charge in [-0.15, -0.1) is 0 Å². The molecule has 1 aromatic carbocycles. The molecule has 0 saturated heterocycles. The van der Waals surface area contributed by atoms with Crippen molar-refractivity contribution in [3.63, 3.8) is 0 Å². The van der Waals surface area contributed by atoms with Gasteiger partial charge < -0.3 is 15.6 Å². The topological polar surface area (TPSA) is 43.0 Å². The van der Waals surface area contributed by atoms with E-state index >= 15 is 0 Å². The molecule has 102 valence electrons. The Hall–Kier alpha value is -1.32. The summed E-state index contributed by atoms with van der Waals surface area (Å²) in [6, 6.07) is 4.98. The minimum absolute atomic E-state index is 0.260. The Morgan fingerprint density at radius 3 is 2.68 bits per heavy atom. The summed E-state index contributed by atoms with van der Waals surface area (Å²) in [5.74, 6) is 0. The van der Waals surface area contributed by atoms with Crippen molar-refractivity contribution >= 4 is 10.9 Å². The first-order chi connectivity index (χ1) is 9.11. The Morgan fingerprint density at radius 2 is 2.00 bits per heavy atom. The van der Waals surface area contributed by atoms with Crippen molar-refractivity contribution in [3.8, 4) is 0 Å². The third kappa shape index (κ3) is 1.97. The molecule has 0 saturated carbocycles. The minimum atomic E-state index is 0.260. The van der Waals surface area contributed by atoms with Crippen LogP contribution < -0.4 is 11.1 Å². The van der Waals surface area contributed by atoms with E-state index in [1.165, 1.54) is 33.3 Å². The standard InChI is InChI=1S/C16H23N3/c1-4-13(17)7-14-10(2)19(3)16-6-12-9-18-8-11(12)5-15(14)16/h5-6,13,18H,4,7-9,17H2,1-3H3. The molecule has 2 heterocycles. The van der Waals surface area contributed by atoms with Crippen molar-refractivity contribution in [2.75, 3.05) is 0 Å². The SMILES string of the molecule is CCC(N)Cc1c(C)n(C)c2cc3c(cc12)CNC3. The lowest BCUT2D eigenvalue weighted by Gasteiger charge is -2.09. The maximum Gasteiger partial charge on any atom is 0.0486 e. The fourth-order valence-corrected chi connectivity index (χ4v) is 3.10. The minimum Gasteiger partial charge on any atom is -0.348 e. The number of fused-ring (bicyclic) bond motifs is 2. The summed E-state index contributed by atoms with van der Waals surface area (Å²) < 4.78 is 2.31. The van der Waals surface area contributed by atoms with E-state index in [4.69, 9.17) is 5.73 Å². The summed E-state index contributed by atoms with van der Waals surface area (Å²) in [6.07, 6.45) is 2.01. The monoisotopic (exact) mass is 257 g/mol. The molecule has 3 nitrogen and oxygen atoms in total. The molecular weight excluding hydrogens is 234 g/mol. The van der Waals surface area contributed by atoms with Gasteiger partial charge in [0.1, 0.15) is 0 Å². The number of nitrogens with one attached hydrogen (secondary N) is 1. The summed E-state index contributed by atoms with van der Waals surface area (Å²) in [4.78, 5) is 0. The van der Waals surface area contributed by atoms with Gasteiger partial charge in [0, 0.05) is 42.8 Å². The summed E-state index contributed by atoms with van der Waals surface area (Å²) in [5.41, 5.74) is 13.2. The Morgan fingerprint density at radius 1 is 1.32 bits per heavy atom. The van der Waals surface area contributed by atoms with Crippen LogP contribution in [0.5, 0.6) is 0 Å². The van der Waals surface area contributed by atoms with Crippen LogP contribution in [-0.4, -0.2) is 10.6 Å². The highest BCUT2D eigenvalue weighted by atomic mass is 15.0. The number of nitrogens with two attached hydrogens (primary N) is 1. The van der Waals surface area contributed by atoms with Gasteiger partial charge in [0.05, 0.1) is 0 Å². The van der Waals surface area contributed by atoms with Gasteiger partial charge in [-0.2, -0.15) is 0 Å². The molecule has 0 spiro atoms. The Labute approximate surface area is 114 Å². The van der Waals surface area contributed by atoms with Crippen molar-refractivity contribution in [1.82, 2.24) is 9.88 Å². The van der Waals surface area contributed by atoms with Gasteiger partial charge in [0.25, 0.3) is 0 Å².